The number of benzene rings is 2. The Balaban J connectivity index is 2.27. The van der Waals surface area contributed by atoms with E-state index < -0.39 is 0 Å². The maximum Gasteiger partial charge on any atom is 0.201 e. The molecule has 0 unspecified atom stereocenters. The Kier molecular flexibility index (Phi) is 4.93. The molecule has 0 spiro atoms. The molecular weight excluding hydrogens is 318 g/mol. The van der Waals surface area contributed by atoms with Gasteiger partial charge in [0.1, 0.15) is 17.2 Å². The third-order valence-electron chi connectivity index (χ3n) is 4.04. The number of hydrogen-bond donors (Lipinski definition) is 1. The summed E-state index contributed by atoms with van der Waals surface area (Å²) in [5.74, 6) is 1.79. The van der Waals surface area contributed by atoms with E-state index >= 15 is 0 Å². The van der Waals surface area contributed by atoms with E-state index in [1.165, 1.54) is 0 Å². The van der Waals surface area contributed by atoms with Gasteiger partial charge in [-0.15, -0.1) is 0 Å². The van der Waals surface area contributed by atoms with E-state index in [4.69, 9.17) is 14.2 Å². The number of rotatable bonds is 6. The number of ether oxygens (including phenoxy) is 3. The van der Waals surface area contributed by atoms with Crippen LogP contribution in [0.3, 0.4) is 0 Å². The number of H-pyrrole nitrogens is 1. The lowest BCUT2D eigenvalue weighted by Gasteiger charge is -2.13. The zero-order valence-electron chi connectivity index (χ0n) is 14.6. The van der Waals surface area contributed by atoms with Crippen molar-refractivity contribution in [2.75, 3.05) is 20.8 Å². The van der Waals surface area contributed by atoms with Gasteiger partial charge in [0, 0.05) is 17.3 Å². The number of hydrogen-bond acceptors (Lipinski definition) is 4. The summed E-state index contributed by atoms with van der Waals surface area (Å²) in [6.07, 6.45) is 2.58. The highest BCUT2D eigenvalue weighted by molar-refractivity contribution is 5.93. The van der Waals surface area contributed by atoms with Gasteiger partial charge in [0.15, 0.2) is 0 Å². The molecule has 1 aromatic heterocycles. The molecule has 3 aromatic rings. The first-order chi connectivity index (χ1) is 12.2. The number of aromatic amines is 1. The molecule has 0 bridgehead atoms. The van der Waals surface area contributed by atoms with Gasteiger partial charge in [-0.2, -0.15) is 0 Å². The maximum absolute atomic E-state index is 13.2. The average molecular weight is 339 g/mol. The van der Waals surface area contributed by atoms with Gasteiger partial charge in [0.05, 0.1) is 31.7 Å². The van der Waals surface area contributed by atoms with E-state index in [1.54, 1.807) is 26.5 Å². The lowest BCUT2D eigenvalue weighted by atomic mass is 10.0. The quantitative estimate of drug-likeness (QED) is 0.737. The van der Waals surface area contributed by atoms with Crippen molar-refractivity contribution in [1.82, 2.24) is 4.98 Å². The van der Waals surface area contributed by atoms with Crippen molar-refractivity contribution in [3.63, 3.8) is 0 Å². The summed E-state index contributed by atoms with van der Waals surface area (Å²) in [5, 5.41) is 0.472. The van der Waals surface area contributed by atoms with Crippen molar-refractivity contribution < 1.29 is 14.2 Å². The van der Waals surface area contributed by atoms with Crippen LogP contribution in [0.25, 0.3) is 22.0 Å². The maximum atomic E-state index is 13.2. The molecule has 1 heterocycles. The number of methoxy groups -OCH3 is 2. The van der Waals surface area contributed by atoms with Crippen LogP contribution in [0.15, 0.2) is 47.4 Å². The van der Waals surface area contributed by atoms with Crippen LogP contribution >= 0.6 is 0 Å². The molecule has 0 aliphatic heterocycles. The molecule has 5 heteroatoms. The number of pyridine rings is 1. The van der Waals surface area contributed by atoms with Gasteiger partial charge in [0.2, 0.25) is 5.43 Å². The number of aromatic nitrogens is 1. The minimum absolute atomic E-state index is 0.128. The highest BCUT2D eigenvalue weighted by Crippen LogP contribution is 2.33. The normalized spacial score (nSPS) is 10.7. The molecule has 0 atom stereocenters. The van der Waals surface area contributed by atoms with Gasteiger partial charge in [-0.1, -0.05) is 25.1 Å². The number of fused-ring (bicyclic) bond motifs is 1. The van der Waals surface area contributed by atoms with E-state index in [1.807, 2.05) is 37.3 Å². The van der Waals surface area contributed by atoms with E-state index in [0.29, 0.717) is 40.3 Å². The second-order valence-corrected chi connectivity index (χ2v) is 5.60. The van der Waals surface area contributed by atoms with Gasteiger partial charge in [-0.05, 0) is 24.6 Å². The van der Waals surface area contributed by atoms with Crippen LogP contribution in [0.5, 0.6) is 17.2 Å². The largest absolute Gasteiger partial charge is 0.496 e. The summed E-state index contributed by atoms with van der Waals surface area (Å²) >= 11 is 0. The van der Waals surface area contributed by atoms with E-state index in [2.05, 4.69) is 4.98 Å². The lowest BCUT2D eigenvalue weighted by Crippen LogP contribution is -2.10. The predicted molar refractivity (Wildman–Crippen MR) is 98.9 cm³/mol. The topological polar surface area (TPSA) is 60.6 Å². The van der Waals surface area contributed by atoms with E-state index in [-0.39, 0.29) is 5.43 Å². The minimum atomic E-state index is -0.128. The second kappa shape index (κ2) is 7.30. The van der Waals surface area contributed by atoms with Crippen molar-refractivity contribution in [2.24, 2.45) is 0 Å². The Hall–Kier alpha value is -2.95. The van der Waals surface area contributed by atoms with Crippen LogP contribution in [0, 0.1) is 0 Å². The molecule has 130 valence electrons. The number of nitrogens with one attached hydrogen (secondary N) is 1. The fourth-order valence-electron chi connectivity index (χ4n) is 2.85. The molecule has 0 saturated carbocycles. The Labute approximate surface area is 146 Å². The zero-order chi connectivity index (χ0) is 17.8. The molecule has 0 aliphatic rings. The summed E-state index contributed by atoms with van der Waals surface area (Å²) in [7, 11) is 3.14. The molecule has 25 heavy (non-hydrogen) atoms. The van der Waals surface area contributed by atoms with Crippen molar-refractivity contribution in [3.8, 4) is 28.4 Å². The van der Waals surface area contributed by atoms with Crippen molar-refractivity contribution in [2.45, 2.75) is 13.3 Å². The Morgan fingerprint density at radius 2 is 1.64 bits per heavy atom. The van der Waals surface area contributed by atoms with Crippen LogP contribution < -0.4 is 19.6 Å². The molecule has 0 aliphatic carbocycles. The first kappa shape index (κ1) is 16.9. The number of para-hydroxylation sites is 1. The van der Waals surface area contributed by atoms with Crippen LogP contribution in [-0.2, 0) is 0 Å². The zero-order valence-corrected chi connectivity index (χ0v) is 14.6. The first-order valence-corrected chi connectivity index (χ1v) is 8.19. The third kappa shape index (κ3) is 3.05. The fraction of sp³-hybridized carbons (Fsp3) is 0.250. The van der Waals surface area contributed by atoms with Gasteiger partial charge in [-0.25, -0.2) is 0 Å². The fourth-order valence-corrected chi connectivity index (χ4v) is 2.85. The summed E-state index contributed by atoms with van der Waals surface area (Å²) in [5.41, 5.74) is 1.76. The molecule has 2 aromatic carbocycles. The van der Waals surface area contributed by atoms with E-state index in [9.17, 15) is 4.79 Å². The molecule has 0 saturated heterocycles. The van der Waals surface area contributed by atoms with Gasteiger partial charge in [-0.3, -0.25) is 4.79 Å². The van der Waals surface area contributed by atoms with Crippen LogP contribution in [0.2, 0.25) is 0 Å². The third-order valence-corrected chi connectivity index (χ3v) is 4.04. The van der Waals surface area contributed by atoms with Gasteiger partial charge in [0.25, 0.3) is 0 Å². The van der Waals surface area contributed by atoms with Gasteiger partial charge >= 0.3 is 0 Å². The molecule has 0 radical (unpaired) electrons. The molecule has 1 N–H and O–H groups in total. The predicted octanol–water partition coefficient (Wildman–Crippen LogP) is 4.00. The minimum Gasteiger partial charge on any atom is -0.496 e. The summed E-state index contributed by atoms with van der Waals surface area (Å²) in [6, 6.07) is 11.0. The van der Waals surface area contributed by atoms with Crippen molar-refractivity contribution in [1.29, 1.82) is 0 Å². The molecule has 0 amide bonds. The Morgan fingerprint density at radius 1 is 0.920 bits per heavy atom. The molecular formula is C20H21NO4. The smallest absolute Gasteiger partial charge is 0.201 e. The SMILES string of the molecule is CCCOc1ccc(OC)c2c(=O)c(-c3ccccc3OC)c[nH]c12. The highest BCUT2D eigenvalue weighted by Gasteiger charge is 2.17. The van der Waals surface area contributed by atoms with E-state index in [0.717, 1.165) is 12.0 Å². The summed E-state index contributed by atoms with van der Waals surface area (Å²) < 4.78 is 16.6. The summed E-state index contributed by atoms with van der Waals surface area (Å²) in [6.45, 7) is 2.62. The average Bonchev–Trinajstić information content (AvgIpc) is 2.66. The lowest BCUT2D eigenvalue weighted by molar-refractivity contribution is 0.320. The van der Waals surface area contributed by atoms with Crippen LogP contribution in [-0.4, -0.2) is 25.8 Å². The molecule has 3 rings (SSSR count). The van der Waals surface area contributed by atoms with Crippen LogP contribution in [0.1, 0.15) is 13.3 Å². The Bertz CT molecular complexity index is 946. The molecule has 5 nitrogen and oxygen atoms in total. The van der Waals surface area contributed by atoms with Crippen LogP contribution in [0.4, 0.5) is 0 Å². The summed E-state index contributed by atoms with van der Waals surface area (Å²) in [4.78, 5) is 16.4. The standard InChI is InChI=1S/C20H21NO4/c1-4-11-25-17-10-9-16(24-3)18-19(17)21-12-14(20(18)22)13-7-5-6-8-15(13)23-2/h5-10,12H,4,11H2,1-3H3,(H,21,22). The monoisotopic (exact) mass is 339 g/mol. The highest BCUT2D eigenvalue weighted by atomic mass is 16.5. The van der Waals surface area contributed by atoms with Crippen molar-refractivity contribution >= 4 is 10.9 Å². The van der Waals surface area contributed by atoms with Crippen molar-refractivity contribution in [3.05, 3.63) is 52.8 Å². The Morgan fingerprint density at radius 3 is 2.36 bits per heavy atom. The van der Waals surface area contributed by atoms with Gasteiger partial charge < -0.3 is 19.2 Å². The second-order valence-electron chi connectivity index (χ2n) is 5.60. The first-order valence-electron chi connectivity index (χ1n) is 8.19. The molecule has 0 fully saturated rings.